The predicted molar refractivity (Wildman–Crippen MR) is 54.2 cm³/mol. The Morgan fingerprint density at radius 2 is 1.43 bits per heavy atom. The number of nitrogens with zero attached hydrogens (tertiary/aromatic N) is 4. The standard InChI is InChI=1S/C6H8N6S2/c1(13-5-7-3-9-11-5)2-14-6-8-4-10-12-6/h3-4H,1-2H2,(H,7,9,11)(H,8,10,12). The van der Waals surface area contributed by atoms with Gasteiger partial charge in [0.25, 0.3) is 0 Å². The summed E-state index contributed by atoms with van der Waals surface area (Å²) in [5.74, 6) is 1.92. The molecule has 2 aromatic rings. The largest absolute Gasteiger partial charge is 0.254 e. The molecule has 0 saturated carbocycles. The molecule has 0 aliphatic rings. The maximum atomic E-state index is 4.00. The number of nitrogens with one attached hydrogen (secondary N) is 2. The molecule has 2 N–H and O–H groups in total. The minimum Gasteiger partial charge on any atom is -0.254 e. The number of thioether (sulfide) groups is 2. The zero-order chi connectivity index (χ0) is 9.64. The van der Waals surface area contributed by atoms with Gasteiger partial charge in [0.15, 0.2) is 10.3 Å². The van der Waals surface area contributed by atoms with Crippen molar-refractivity contribution in [3.05, 3.63) is 12.7 Å². The van der Waals surface area contributed by atoms with Crippen molar-refractivity contribution < 1.29 is 0 Å². The molecule has 74 valence electrons. The van der Waals surface area contributed by atoms with E-state index in [2.05, 4.69) is 30.4 Å². The van der Waals surface area contributed by atoms with Crippen molar-refractivity contribution >= 4 is 23.5 Å². The third kappa shape index (κ3) is 2.74. The summed E-state index contributed by atoms with van der Waals surface area (Å²) in [4.78, 5) is 8.00. The van der Waals surface area contributed by atoms with Gasteiger partial charge in [0.05, 0.1) is 0 Å². The van der Waals surface area contributed by atoms with Gasteiger partial charge in [-0.25, -0.2) is 9.97 Å². The molecule has 0 saturated heterocycles. The van der Waals surface area contributed by atoms with Crippen molar-refractivity contribution in [2.45, 2.75) is 10.3 Å². The molecule has 0 amide bonds. The molecule has 2 rings (SSSR count). The Kier molecular flexibility index (Phi) is 3.41. The number of aromatic nitrogens is 6. The molecular formula is C6H8N6S2. The molecule has 14 heavy (non-hydrogen) atoms. The van der Waals surface area contributed by atoms with Crippen molar-refractivity contribution in [2.75, 3.05) is 11.5 Å². The number of aromatic amines is 2. The molecule has 0 aliphatic heterocycles. The Morgan fingerprint density at radius 3 is 1.79 bits per heavy atom. The number of hydrogen-bond donors (Lipinski definition) is 2. The Bertz CT molecular complexity index is 308. The van der Waals surface area contributed by atoms with Crippen LogP contribution in [0.5, 0.6) is 0 Å². The predicted octanol–water partition coefficient (Wildman–Crippen LogP) is 0.807. The fraction of sp³-hybridized carbons (Fsp3) is 0.333. The van der Waals surface area contributed by atoms with Gasteiger partial charge in [0, 0.05) is 11.5 Å². The van der Waals surface area contributed by atoms with Crippen molar-refractivity contribution in [1.29, 1.82) is 0 Å². The topological polar surface area (TPSA) is 83.1 Å². The van der Waals surface area contributed by atoms with E-state index in [0.29, 0.717) is 0 Å². The molecule has 2 aromatic heterocycles. The van der Waals surface area contributed by atoms with Crippen molar-refractivity contribution in [1.82, 2.24) is 30.4 Å². The lowest BCUT2D eigenvalue weighted by Crippen LogP contribution is -1.86. The van der Waals surface area contributed by atoms with Gasteiger partial charge < -0.3 is 0 Å². The average molecular weight is 228 g/mol. The third-order valence-electron chi connectivity index (χ3n) is 1.35. The van der Waals surface area contributed by atoms with Crippen LogP contribution in [-0.2, 0) is 0 Å². The second-order valence-electron chi connectivity index (χ2n) is 2.28. The number of rotatable bonds is 5. The van der Waals surface area contributed by atoms with Crippen LogP contribution < -0.4 is 0 Å². The summed E-state index contributed by atoms with van der Waals surface area (Å²) in [6.45, 7) is 0. The molecule has 0 unspecified atom stereocenters. The van der Waals surface area contributed by atoms with Gasteiger partial charge in [-0.2, -0.15) is 10.2 Å². The highest BCUT2D eigenvalue weighted by Crippen LogP contribution is 2.16. The van der Waals surface area contributed by atoms with E-state index in [0.717, 1.165) is 21.8 Å². The van der Waals surface area contributed by atoms with Gasteiger partial charge in [0.2, 0.25) is 0 Å². The van der Waals surface area contributed by atoms with Crippen LogP contribution in [0, 0.1) is 0 Å². The first-order valence-corrected chi connectivity index (χ1v) is 5.88. The van der Waals surface area contributed by atoms with Crippen LogP contribution in [0.2, 0.25) is 0 Å². The molecular weight excluding hydrogens is 220 g/mol. The summed E-state index contributed by atoms with van der Waals surface area (Å²) < 4.78 is 0. The van der Waals surface area contributed by atoms with Crippen molar-refractivity contribution in [3.8, 4) is 0 Å². The number of hydrogen-bond acceptors (Lipinski definition) is 6. The quantitative estimate of drug-likeness (QED) is 0.582. The lowest BCUT2D eigenvalue weighted by atomic mass is 11.0. The van der Waals surface area contributed by atoms with Crippen LogP contribution in [0.4, 0.5) is 0 Å². The third-order valence-corrected chi connectivity index (χ3v) is 3.36. The minimum absolute atomic E-state index is 0.850. The van der Waals surface area contributed by atoms with Crippen molar-refractivity contribution in [2.24, 2.45) is 0 Å². The van der Waals surface area contributed by atoms with E-state index < -0.39 is 0 Å². The molecule has 0 aliphatic carbocycles. The van der Waals surface area contributed by atoms with Crippen LogP contribution in [0.15, 0.2) is 23.0 Å². The van der Waals surface area contributed by atoms with Crippen LogP contribution in [0.1, 0.15) is 0 Å². The van der Waals surface area contributed by atoms with Gasteiger partial charge in [-0.1, -0.05) is 23.5 Å². The summed E-state index contributed by atoms with van der Waals surface area (Å²) in [5, 5.41) is 14.8. The van der Waals surface area contributed by atoms with Crippen LogP contribution in [0.25, 0.3) is 0 Å². The maximum absolute atomic E-state index is 4.00. The molecule has 0 spiro atoms. The Morgan fingerprint density at radius 1 is 0.929 bits per heavy atom. The molecule has 0 radical (unpaired) electrons. The summed E-state index contributed by atoms with van der Waals surface area (Å²) in [6, 6.07) is 0. The number of H-pyrrole nitrogens is 2. The first kappa shape index (κ1) is 9.53. The normalized spacial score (nSPS) is 10.6. The Hall–Kier alpha value is -1.02. The highest BCUT2D eigenvalue weighted by molar-refractivity contribution is 8.02. The average Bonchev–Trinajstić information content (AvgIpc) is 2.86. The van der Waals surface area contributed by atoms with Crippen LogP contribution in [-0.4, -0.2) is 41.9 Å². The van der Waals surface area contributed by atoms with Gasteiger partial charge in [-0.3, -0.25) is 10.2 Å². The summed E-state index contributed by atoms with van der Waals surface area (Å²) in [5.41, 5.74) is 0. The van der Waals surface area contributed by atoms with Gasteiger partial charge in [-0.15, -0.1) is 0 Å². The van der Waals surface area contributed by atoms with E-state index >= 15 is 0 Å². The summed E-state index contributed by atoms with van der Waals surface area (Å²) >= 11 is 3.27. The fourth-order valence-electron chi connectivity index (χ4n) is 0.804. The molecule has 0 aromatic carbocycles. The fourth-order valence-corrected chi connectivity index (χ4v) is 2.34. The van der Waals surface area contributed by atoms with Crippen LogP contribution in [0.3, 0.4) is 0 Å². The van der Waals surface area contributed by atoms with Gasteiger partial charge in [-0.05, 0) is 0 Å². The summed E-state index contributed by atoms with van der Waals surface area (Å²) in [6.07, 6.45) is 3.01. The van der Waals surface area contributed by atoms with E-state index in [1.54, 1.807) is 23.5 Å². The molecule has 0 bridgehead atoms. The SMILES string of the molecule is c1n[nH]c(SCCSc2ncn[nH]2)n1. The zero-order valence-electron chi connectivity index (χ0n) is 7.17. The van der Waals surface area contributed by atoms with E-state index in [-0.39, 0.29) is 0 Å². The summed E-state index contributed by atoms with van der Waals surface area (Å²) in [7, 11) is 0. The molecule has 0 atom stereocenters. The highest BCUT2D eigenvalue weighted by Gasteiger charge is 1.98. The minimum atomic E-state index is 0.850. The first-order valence-electron chi connectivity index (χ1n) is 3.91. The highest BCUT2D eigenvalue weighted by atomic mass is 32.2. The molecule has 0 fully saturated rings. The smallest absolute Gasteiger partial charge is 0.183 e. The monoisotopic (exact) mass is 228 g/mol. The molecule has 8 heteroatoms. The molecule has 2 heterocycles. The van der Waals surface area contributed by atoms with E-state index in [1.165, 1.54) is 12.7 Å². The Labute approximate surface area is 88.7 Å². The van der Waals surface area contributed by atoms with E-state index in [4.69, 9.17) is 0 Å². The second kappa shape index (κ2) is 5.01. The van der Waals surface area contributed by atoms with Gasteiger partial charge in [0.1, 0.15) is 12.7 Å². The Balaban J connectivity index is 1.65. The van der Waals surface area contributed by atoms with E-state index in [9.17, 15) is 0 Å². The molecule has 6 nitrogen and oxygen atoms in total. The zero-order valence-corrected chi connectivity index (χ0v) is 8.81. The second-order valence-corrected chi connectivity index (χ2v) is 4.45. The first-order chi connectivity index (χ1) is 6.95. The van der Waals surface area contributed by atoms with Crippen molar-refractivity contribution in [3.63, 3.8) is 0 Å². The van der Waals surface area contributed by atoms with Crippen LogP contribution >= 0.6 is 23.5 Å². The lowest BCUT2D eigenvalue weighted by Gasteiger charge is -1.95. The van der Waals surface area contributed by atoms with Gasteiger partial charge >= 0.3 is 0 Å². The lowest BCUT2D eigenvalue weighted by molar-refractivity contribution is 0.970. The van der Waals surface area contributed by atoms with E-state index in [1.807, 2.05) is 0 Å². The maximum Gasteiger partial charge on any atom is 0.183 e.